The van der Waals surface area contributed by atoms with Gasteiger partial charge in [-0.25, -0.2) is 0 Å². The molecule has 5 nitrogen and oxygen atoms in total. The number of nitrogens with one attached hydrogen (secondary N) is 2. The van der Waals surface area contributed by atoms with E-state index in [0.717, 1.165) is 27.8 Å². The highest BCUT2D eigenvalue weighted by molar-refractivity contribution is 5.98. The summed E-state index contributed by atoms with van der Waals surface area (Å²) in [5.41, 5.74) is 2.25. The number of carbonyl (C=O) groups is 2. The molecule has 5 heteroatoms. The van der Waals surface area contributed by atoms with Gasteiger partial charge in [-0.2, -0.15) is 0 Å². The van der Waals surface area contributed by atoms with Gasteiger partial charge in [0.05, 0.1) is 13.1 Å². The molecule has 0 aliphatic carbocycles. The van der Waals surface area contributed by atoms with Crippen LogP contribution in [-0.4, -0.2) is 24.9 Å². The van der Waals surface area contributed by atoms with E-state index in [1.165, 1.54) is 0 Å². The molecule has 0 saturated carbocycles. The Kier molecular flexibility index (Phi) is 6.24. The van der Waals surface area contributed by atoms with Crippen LogP contribution in [0.2, 0.25) is 0 Å². The van der Waals surface area contributed by atoms with Gasteiger partial charge >= 0.3 is 0 Å². The Labute approximate surface area is 181 Å². The van der Waals surface area contributed by atoms with Crippen molar-refractivity contribution < 1.29 is 9.59 Å². The summed E-state index contributed by atoms with van der Waals surface area (Å²) >= 11 is 0. The zero-order valence-corrected chi connectivity index (χ0v) is 17.0. The maximum Gasteiger partial charge on any atom is 0.243 e. The van der Waals surface area contributed by atoms with E-state index in [-0.39, 0.29) is 24.9 Å². The van der Waals surface area contributed by atoms with Gasteiger partial charge in [-0.3, -0.25) is 9.59 Å². The minimum atomic E-state index is -0.188. The fourth-order valence-electron chi connectivity index (χ4n) is 3.40. The van der Waals surface area contributed by atoms with E-state index in [4.69, 9.17) is 0 Å². The maximum absolute atomic E-state index is 12.7. The summed E-state index contributed by atoms with van der Waals surface area (Å²) in [6, 6.07) is 32.5. The Morgan fingerprint density at radius 2 is 1.06 bits per heavy atom. The molecule has 4 aromatic rings. The lowest BCUT2D eigenvalue weighted by Gasteiger charge is -2.24. The van der Waals surface area contributed by atoms with E-state index in [9.17, 15) is 9.59 Å². The topological polar surface area (TPSA) is 61.4 Å². The Balaban J connectivity index is 1.54. The molecule has 0 aliphatic rings. The molecule has 0 heterocycles. The first-order valence-corrected chi connectivity index (χ1v) is 10.1. The van der Waals surface area contributed by atoms with Crippen LogP contribution in [0.25, 0.3) is 10.8 Å². The molecular weight excluding hydrogens is 386 g/mol. The van der Waals surface area contributed by atoms with E-state index in [2.05, 4.69) is 10.6 Å². The lowest BCUT2D eigenvalue weighted by atomic mass is 10.1. The minimum Gasteiger partial charge on any atom is -0.353 e. The highest BCUT2D eigenvalue weighted by Gasteiger charge is 2.16. The third-order valence-electron chi connectivity index (χ3n) is 4.88. The molecule has 0 aromatic heterocycles. The quantitative estimate of drug-likeness (QED) is 0.455. The minimum absolute atomic E-state index is 0.0510. The number of fused-ring (bicyclic) bond motifs is 1. The third-order valence-corrected chi connectivity index (χ3v) is 4.88. The van der Waals surface area contributed by atoms with E-state index in [1.54, 1.807) is 4.90 Å². The van der Waals surface area contributed by atoms with E-state index in [1.807, 2.05) is 103 Å². The van der Waals surface area contributed by atoms with Crippen LogP contribution in [0.4, 0.5) is 17.1 Å². The summed E-state index contributed by atoms with van der Waals surface area (Å²) < 4.78 is 0. The molecule has 2 N–H and O–H groups in total. The largest absolute Gasteiger partial charge is 0.353 e. The number of para-hydroxylation sites is 2. The van der Waals surface area contributed by atoms with Gasteiger partial charge in [0.15, 0.2) is 0 Å². The monoisotopic (exact) mass is 409 g/mol. The van der Waals surface area contributed by atoms with Crippen molar-refractivity contribution in [2.75, 3.05) is 28.6 Å². The number of benzene rings is 4. The number of rotatable bonds is 7. The van der Waals surface area contributed by atoms with Crippen molar-refractivity contribution in [1.29, 1.82) is 0 Å². The molecule has 0 fully saturated rings. The van der Waals surface area contributed by atoms with Crippen molar-refractivity contribution in [2.45, 2.75) is 0 Å². The smallest absolute Gasteiger partial charge is 0.243 e. The summed E-state index contributed by atoms with van der Waals surface area (Å²) in [6.45, 7) is 0.102. The highest BCUT2D eigenvalue weighted by atomic mass is 16.2. The van der Waals surface area contributed by atoms with E-state index >= 15 is 0 Å². The summed E-state index contributed by atoms with van der Waals surface area (Å²) in [6.07, 6.45) is 0. The van der Waals surface area contributed by atoms with Crippen LogP contribution in [0.1, 0.15) is 0 Å². The molecule has 4 rings (SSSR count). The van der Waals surface area contributed by atoms with Gasteiger partial charge in [-0.05, 0) is 47.2 Å². The Hall–Kier alpha value is -4.12. The average molecular weight is 409 g/mol. The highest BCUT2D eigenvalue weighted by Crippen LogP contribution is 2.22. The van der Waals surface area contributed by atoms with Crippen LogP contribution in [0.5, 0.6) is 0 Å². The lowest BCUT2D eigenvalue weighted by molar-refractivity contribution is -0.115. The van der Waals surface area contributed by atoms with Gasteiger partial charge in [0.1, 0.15) is 0 Å². The second-order valence-corrected chi connectivity index (χ2v) is 7.22. The number of carbonyl (C=O) groups excluding carboxylic acids is 2. The van der Waals surface area contributed by atoms with Gasteiger partial charge in [0.2, 0.25) is 11.8 Å². The Bertz CT molecular complexity index is 1120. The van der Waals surface area contributed by atoms with Crippen LogP contribution < -0.4 is 15.5 Å². The summed E-state index contributed by atoms with van der Waals surface area (Å²) in [5, 5.41) is 7.94. The number of anilines is 3. The van der Waals surface area contributed by atoms with Crippen LogP contribution >= 0.6 is 0 Å². The predicted molar refractivity (Wildman–Crippen MR) is 126 cm³/mol. The van der Waals surface area contributed by atoms with Gasteiger partial charge in [0, 0.05) is 17.1 Å². The first kappa shape index (κ1) is 20.2. The normalized spacial score (nSPS) is 10.5. The van der Waals surface area contributed by atoms with Crippen LogP contribution in [0.3, 0.4) is 0 Å². The van der Waals surface area contributed by atoms with Gasteiger partial charge in [-0.1, -0.05) is 66.7 Å². The number of hydrogen-bond donors (Lipinski definition) is 2. The molecule has 0 saturated heterocycles. The Morgan fingerprint density at radius 3 is 1.61 bits per heavy atom. The fourth-order valence-corrected chi connectivity index (χ4v) is 3.40. The maximum atomic E-state index is 12.7. The van der Waals surface area contributed by atoms with Crippen molar-refractivity contribution in [3.05, 3.63) is 103 Å². The molecule has 154 valence electrons. The van der Waals surface area contributed by atoms with Gasteiger partial charge in [0.25, 0.3) is 0 Å². The SMILES string of the molecule is O=C(CN(CC(=O)Nc1ccccc1)c1ccc2ccccc2c1)Nc1ccccc1. The van der Waals surface area contributed by atoms with Crippen LogP contribution in [-0.2, 0) is 9.59 Å². The molecular formula is C26H23N3O2. The van der Waals surface area contributed by atoms with Crippen molar-refractivity contribution in [1.82, 2.24) is 0 Å². The van der Waals surface area contributed by atoms with E-state index in [0.29, 0.717) is 0 Å². The molecule has 0 radical (unpaired) electrons. The van der Waals surface area contributed by atoms with Crippen molar-refractivity contribution in [3.63, 3.8) is 0 Å². The van der Waals surface area contributed by atoms with Crippen LogP contribution in [0, 0.1) is 0 Å². The zero-order chi connectivity index (χ0) is 21.5. The molecule has 0 bridgehead atoms. The molecule has 0 spiro atoms. The molecule has 0 aliphatic heterocycles. The van der Waals surface area contributed by atoms with Crippen molar-refractivity contribution >= 4 is 39.6 Å². The second kappa shape index (κ2) is 9.59. The standard InChI is InChI=1S/C26H23N3O2/c30-25(27-22-11-3-1-4-12-22)18-29(19-26(31)28-23-13-5-2-6-14-23)24-16-15-20-9-7-8-10-21(20)17-24/h1-17H,18-19H2,(H,27,30)(H,28,31). The summed E-state index contributed by atoms with van der Waals surface area (Å²) in [7, 11) is 0. The van der Waals surface area contributed by atoms with Crippen molar-refractivity contribution in [3.8, 4) is 0 Å². The van der Waals surface area contributed by atoms with Gasteiger partial charge < -0.3 is 15.5 Å². The van der Waals surface area contributed by atoms with Gasteiger partial charge in [-0.15, -0.1) is 0 Å². The molecule has 2 amide bonds. The number of amides is 2. The number of hydrogen-bond acceptors (Lipinski definition) is 3. The first-order chi connectivity index (χ1) is 15.2. The fraction of sp³-hybridized carbons (Fsp3) is 0.0769. The van der Waals surface area contributed by atoms with Crippen LogP contribution in [0.15, 0.2) is 103 Å². The Morgan fingerprint density at radius 1 is 0.581 bits per heavy atom. The lowest BCUT2D eigenvalue weighted by Crippen LogP contribution is -2.39. The molecule has 0 unspecified atom stereocenters. The number of nitrogens with zero attached hydrogens (tertiary/aromatic N) is 1. The zero-order valence-electron chi connectivity index (χ0n) is 17.0. The average Bonchev–Trinajstić information content (AvgIpc) is 2.79. The second-order valence-electron chi connectivity index (χ2n) is 7.22. The van der Waals surface area contributed by atoms with Crippen molar-refractivity contribution in [2.24, 2.45) is 0 Å². The first-order valence-electron chi connectivity index (χ1n) is 10.1. The predicted octanol–water partition coefficient (Wildman–Crippen LogP) is 4.92. The molecule has 0 atom stereocenters. The molecule has 4 aromatic carbocycles. The van der Waals surface area contributed by atoms with E-state index < -0.39 is 0 Å². The summed E-state index contributed by atoms with van der Waals surface area (Å²) in [4.78, 5) is 27.2. The summed E-state index contributed by atoms with van der Waals surface area (Å²) in [5.74, 6) is -0.376. The molecule has 31 heavy (non-hydrogen) atoms. The third kappa shape index (κ3) is 5.48.